The average Bonchev–Trinajstić information content (AvgIpc) is 3.36. The van der Waals surface area contributed by atoms with Crippen molar-refractivity contribution < 1.29 is 8.42 Å². The molecule has 1 atom stereocenters. The second-order valence-electron chi connectivity index (χ2n) is 9.82. The van der Waals surface area contributed by atoms with Crippen LogP contribution in [0.25, 0.3) is 0 Å². The third-order valence-corrected chi connectivity index (χ3v) is 9.32. The Balaban J connectivity index is 1.47. The molecule has 0 bridgehead atoms. The molecule has 2 heterocycles. The SMILES string of the molecule is CN1CCN(c2ccc(C3=NN(S(=O)(=O)c4ccc(Br)cc4)C(c4ccc(N(C)C)cc4)C3)cc2)CC1. The van der Waals surface area contributed by atoms with Gasteiger partial charge in [-0.05, 0) is 66.7 Å². The first-order chi connectivity index (χ1) is 17.7. The number of hydrogen-bond donors (Lipinski definition) is 0. The maximum absolute atomic E-state index is 13.8. The highest BCUT2D eigenvalue weighted by Gasteiger charge is 2.37. The van der Waals surface area contributed by atoms with E-state index in [0.29, 0.717) is 6.42 Å². The lowest BCUT2D eigenvalue weighted by Crippen LogP contribution is -2.44. The van der Waals surface area contributed by atoms with Crippen LogP contribution in [0.1, 0.15) is 23.6 Å². The molecule has 5 rings (SSSR count). The summed E-state index contributed by atoms with van der Waals surface area (Å²) < 4.78 is 29.6. The zero-order valence-corrected chi connectivity index (χ0v) is 23.8. The molecular formula is C28H32BrN5O2S. The van der Waals surface area contributed by atoms with Gasteiger partial charge in [-0.3, -0.25) is 0 Å². The zero-order chi connectivity index (χ0) is 26.2. The molecule has 37 heavy (non-hydrogen) atoms. The van der Waals surface area contributed by atoms with E-state index in [0.717, 1.165) is 53.2 Å². The summed E-state index contributed by atoms with van der Waals surface area (Å²) in [6.07, 6.45) is 0.505. The van der Waals surface area contributed by atoms with Crippen molar-refractivity contribution in [1.82, 2.24) is 9.31 Å². The lowest BCUT2D eigenvalue weighted by Gasteiger charge is -2.34. The van der Waals surface area contributed by atoms with Gasteiger partial charge in [0.15, 0.2) is 0 Å². The van der Waals surface area contributed by atoms with Crippen molar-refractivity contribution in [2.75, 3.05) is 57.1 Å². The number of anilines is 2. The van der Waals surface area contributed by atoms with Crippen molar-refractivity contribution in [2.45, 2.75) is 17.4 Å². The van der Waals surface area contributed by atoms with E-state index >= 15 is 0 Å². The molecule has 3 aromatic carbocycles. The molecule has 0 radical (unpaired) electrons. The Morgan fingerprint density at radius 2 is 1.49 bits per heavy atom. The Kier molecular flexibility index (Phi) is 7.29. The van der Waals surface area contributed by atoms with E-state index < -0.39 is 16.1 Å². The van der Waals surface area contributed by atoms with Gasteiger partial charge in [0.05, 0.1) is 16.6 Å². The van der Waals surface area contributed by atoms with E-state index in [-0.39, 0.29) is 4.90 Å². The van der Waals surface area contributed by atoms with E-state index in [4.69, 9.17) is 5.10 Å². The first-order valence-electron chi connectivity index (χ1n) is 12.4. The fourth-order valence-electron chi connectivity index (χ4n) is 4.77. The van der Waals surface area contributed by atoms with E-state index in [1.807, 2.05) is 43.3 Å². The Morgan fingerprint density at radius 3 is 2.08 bits per heavy atom. The largest absolute Gasteiger partial charge is 0.378 e. The van der Waals surface area contributed by atoms with Gasteiger partial charge in [0.2, 0.25) is 0 Å². The maximum Gasteiger partial charge on any atom is 0.279 e. The van der Waals surface area contributed by atoms with Crippen LogP contribution < -0.4 is 9.80 Å². The van der Waals surface area contributed by atoms with Crippen molar-refractivity contribution in [3.8, 4) is 0 Å². The Morgan fingerprint density at radius 1 is 0.865 bits per heavy atom. The number of hydrazone groups is 1. The van der Waals surface area contributed by atoms with Crippen LogP contribution in [-0.4, -0.2) is 70.8 Å². The van der Waals surface area contributed by atoms with Gasteiger partial charge in [-0.1, -0.05) is 40.2 Å². The molecule has 1 fully saturated rings. The van der Waals surface area contributed by atoms with Gasteiger partial charge in [0.1, 0.15) is 0 Å². The van der Waals surface area contributed by atoms with Crippen molar-refractivity contribution in [1.29, 1.82) is 0 Å². The van der Waals surface area contributed by atoms with E-state index in [2.05, 4.69) is 57.0 Å². The van der Waals surface area contributed by atoms with Gasteiger partial charge in [-0.2, -0.15) is 17.9 Å². The van der Waals surface area contributed by atoms with Crippen LogP contribution in [0.15, 0.2) is 87.3 Å². The number of nitrogens with zero attached hydrogens (tertiary/aromatic N) is 5. The first kappa shape index (κ1) is 25.8. The minimum atomic E-state index is -3.85. The van der Waals surface area contributed by atoms with Crippen LogP contribution >= 0.6 is 15.9 Å². The lowest BCUT2D eigenvalue weighted by atomic mass is 9.98. The summed E-state index contributed by atoms with van der Waals surface area (Å²) in [5, 5.41) is 4.72. The molecule has 0 aliphatic carbocycles. The summed E-state index contributed by atoms with van der Waals surface area (Å²) in [4.78, 5) is 6.98. The molecule has 2 aliphatic heterocycles. The average molecular weight is 583 g/mol. The number of likely N-dealkylation sites (N-methyl/N-ethyl adjacent to an activating group) is 1. The van der Waals surface area contributed by atoms with Gasteiger partial charge in [-0.25, -0.2) is 0 Å². The molecule has 2 aliphatic rings. The zero-order valence-electron chi connectivity index (χ0n) is 21.4. The number of piperazine rings is 1. The summed E-state index contributed by atoms with van der Waals surface area (Å²) in [7, 11) is 2.28. The molecule has 7 nitrogen and oxygen atoms in total. The number of benzene rings is 3. The van der Waals surface area contributed by atoms with Crippen LogP contribution in [0, 0.1) is 0 Å². The summed E-state index contributed by atoms with van der Waals surface area (Å²) >= 11 is 3.39. The van der Waals surface area contributed by atoms with Crippen LogP contribution in [0.5, 0.6) is 0 Å². The van der Waals surface area contributed by atoms with E-state index in [1.54, 1.807) is 24.3 Å². The molecule has 0 saturated carbocycles. The Labute approximate surface area is 228 Å². The Hall–Kier alpha value is -2.88. The maximum atomic E-state index is 13.8. The smallest absolute Gasteiger partial charge is 0.279 e. The molecule has 0 N–H and O–H groups in total. The highest BCUT2D eigenvalue weighted by molar-refractivity contribution is 9.10. The molecule has 0 spiro atoms. The lowest BCUT2D eigenvalue weighted by molar-refractivity contribution is 0.313. The number of sulfonamides is 1. The summed E-state index contributed by atoms with van der Waals surface area (Å²) in [6.45, 7) is 4.10. The molecule has 0 amide bonds. The molecule has 194 valence electrons. The van der Waals surface area contributed by atoms with Crippen molar-refractivity contribution in [2.24, 2.45) is 5.10 Å². The van der Waals surface area contributed by atoms with Crippen LogP contribution in [-0.2, 0) is 10.0 Å². The van der Waals surface area contributed by atoms with E-state index in [1.165, 1.54) is 10.1 Å². The second kappa shape index (κ2) is 10.5. The summed E-state index contributed by atoms with van der Waals surface area (Å²) in [6, 6.07) is 22.7. The predicted molar refractivity (Wildman–Crippen MR) is 154 cm³/mol. The van der Waals surface area contributed by atoms with Crippen molar-refractivity contribution in [3.63, 3.8) is 0 Å². The van der Waals surface area contributed by atoms with Crippen molar-refractivity contribution >= 4 is 43.0 Å². The summed E-state index contributed by atoms with van der Waals surface area (Å²) in [5.41, 5.74) is 4.88. The van der Waals surface area contributed by atoms with Crippen LogP contribution in [0.2, 0.25) is 0 Å². The fraction of sp³-hybridized carbons (Fsp3) is 0.321. The van der Waals surface area contributed by atoms with Crippen molar-refractivity contribution in [3.05, 3.63) is 88.4 Å². The topological polar surface area (TPSA) is 59.5 Å². The van der Waals surface area contributed by atoms with Crippen LogP contribution in [0.4, 0.5) is 11.4 Å². The molecule has 1 unspecified atom stereocenters. The number of rotatable bonds is 6. The standard InChI is InChI=1S/C28H32BrN5O2S/c1-31(2)24-10-6-22(7-11-24)28-20-27(30-34(28)37(35,36)26-14-8-23(29)9-15-26)21-4-12-25(13-5-21)33-18-16-32(3)17-19-33/h4-15,28H,16-20H2,1-3H3. The van der Waals surface area contributed by atoms with Gasteiger partial charge in [0, 0.05) is 62.5 Å². The van der Waals surface area contributed by atoms with Gasteiger partial charge in [0.25, 0.3) is 10.0 Å². The monoisotopic (exact) mass is 581 g/mol. The third-order valence-electron chi connectivity index (χ3n) is 7.09. The predicted octanol–water partition coefficient (Wildman–Crippen LogP) is 4.81. The Bertz CT molecular complexity index is 1370. The molecule has 9 heteroatoms. The number of halogens is 1. The summed E-state index contributed by atoms with van der Waals surface area (Å²) in [5.74, 6) is 0. The quantitative estimate of drug-likeness (QED) is 0.418. The highest BCUT2D eigenvalue weighted by atomic mass is 79.9. The molecule has 1 saturated heterocycles. The first-order valence-corrected chi connectivity index (χ1v) is 14.6. The number of hydrogen-bond acceptors (Lipinski definition) is 6. The third kappa shape index (κ3) is 5.39. The van der Waals surface area contributed by atoms with E-state index in [9.17, 15) is 8.42 Å². The normalized spacial score (nSPS) is 18.7. The second-order valence-corrected chi connectivity index (χ2v) is 12.5. The minimum Gasteiger partial charge on any atom is -0.378 e. The van der Waals surface area contributed by atoms with Gasteiger partial charge < -0.3 is 14.7 Å². The van der Waals surface area contributed by atoms with Gasteiger partial charge in [-0.15, -0.1) is 0 Å². The molecule has 0 aromatic heterocycles. The molecule has 3 aromatic rings. The fourth-order valence-corrected chi connectivity index (χ4v) is 6.47. The van der Waals surface area contributed by atoms with Gasteiger partial charge >= 0.3 is 0 Å². The van der Waals surface area contributed by atoms with Crippen LogP contribution in [0.3, 0.4) is 0 Å². The molecular weight excluding hydrogens is 550 g/mol. The highest BCUT2D eigenvalue weighted by Crippen LogP contribution is 2.38. The minimum absolute atomic E-state index is 0.223.